The standard InChI is InChI=1S/C6H16NO2P/c1-7-4-5-9-6-10(2,3)8/h7H,4-6H2,1-3H3. The van der Waals surface area contributed by atoms with Crippen LogP contribution in [0.1, 0.15) is 0 Å². The van der Waals surface area contributed by atoms with E-state index in [2.05, 4.69) is 5.32 Å². The van der Waals surface area contributed by atoms with Crippen LogP contribution in [0.25, 0.3) is 0 Å². The van der Waals surface area contributed by atoms with Crippen molar-refractivity contribution < 1.29 is 9.30 Å². The third-order valence-electron chi connectivity index (χ3n) is 0.899. The van der Waals surface area contributed by atoms with E-state index in [4.69, 9.17) is 4.74 Å². The first-order valence-electron chi connectivity index (χ1n) is 3.32. The topological polar surface area (TPSA) is 38.3 Å². The smallest absolute Gasteiger partial charge is 0.106 e. The van der Waals surface area contributed by atoms with E-state index >= 15 is 0 Å². The van der Waals surface area contributed by atoms with Crippen LogP contribution in [0.3, 0.4) is 0 Å². The Bertz CT molecular complexity index is 121. The third-order valence-corrected chi connectivity index (χ3v) is 1.70. The molecule has 0 aliphatic heterocycles. The summed E-state index contributed by atoms with van der Waals surface area (Å²) in [4.78, 5) is 0. The van der Waals surface area contributed by atoms with Crippen LogP contribution in [0, 0.1) is 0 Å². The Kier molecular flexibility index (Phi) is 4.96. The Morgan fingerprint density at radius 3 is 2.50 bits per heavy atom. The minimum absolute atomic E-state index is 0.397. The molecule has 62 valence electrons. The molecule has 0 aliphatic rings. The molecule has 0 aromatic carbocycles. The maximum absolute atomic E-state index is 11.0. The second-order valence-corrected chi connectivity index (χ2v) is 6.12. The fourth-order valence-corrected chi connectivity index (χ4v) is 1.03. The maximum atomic E-state index is 11.0. The first kappa shape index (κ1) is 10.2. The van der Waals surface area contributed by atoms with E-state index in [1.54, 1.807) is 13.3 Å². The molecular formula is C6H16NO2P. The highest BCUT2D eigenvalue weighted by atomic mass is 31.2. The van der Waals surface area contributed by atoms with E-state index in [9.17, 15) is 4.57 Å². The highest BCUT2D eigenvalue weighted by molar-refractivity contribution is 7.62. The molecule has 4 heteroatoms. The van der Waals surface area contributed by atoms with Gasteiger partial charge in [-0.3, -0.25) is 0 Å². The molecular weight excluding hydrogens is 149 g/mol. The Morgan fingerprint density at radius 1 is 1.50 bits per heavy atom. The van der Waals surface area contributed by atoms with Gasteiger partial charge in [0.05, 0.1) is 13.0 Å². The number of hydrogen-bond donors (Lipinski definition) is 1. The fraction of sp³-hybridized carbons (Fsp3) is 1.00. The van der Waals surface area contributed by atoms with Gasteiger partial charge in [0, 0.05) is 6.54 Å². The second-order valence-electron chi connectivity index (χ2n) is 2.71. The molecule has 0 fully saturated rings. The fourth-order valence-electron chi connectivity index (χ4n) is 0.459. The van der Waals surface area contributed by atoms with Crippen LogP contribution in [0.15, 0.2) is 0 Å². The largest absolute Gasteiger partial charge is 0.372 e. The second kappa shape index (κ2) is 4.89. The number of ether oxygens (including phenoxy) is 1. The number of hydrogen-bond acceptors (Lipinski definition) is 3. The summed E-state index contributed by atoms with van der Waals surface area (Å²) in [7, 11) is -0.0940. The molecule has 0 unspecified atom stereocenters. The molecule has 0 saturated heterocycles. The predicted molar refractivity (Wildman–Crippen MR) is 44.2 cm³/mol. The molecule has 0 bridgehead atoms. The summed E-state index contributed by atoms with van der Waals surface area (Å²) >= 11 is 0. The van der Waals surface area contributed by atoms with Crippen LogP contribution in [-0.4, -0.2) is 39.9 Å². The Balaban J connectivity index is 3.13. The van der Waals surface area contributed by atoms with Crippen LogP contribution in [0.4, 0.5) is 0 Å². The summed E-state index contributed by atoms with van der Waals surface area (Å²) in [5, 5.41) is 2.94. The number of rotatable bonds is 5. The van der Waals surface area contributed by atoms with Crippen LogP contribution in [0.5, 0.6) is 0 Å². The van der Waals surface area contributed by atoms with Gasteiger partial charge in [-0.1, -0.05) is 0 Å². The molecule has 0 saturated carbocycles. The van der Waals surface area contributed by atoms with Gasteiger partial charge in [-0.2, -0.15) is 0 Å². The molecule has 0 heterocycles. The highest BCUT2D eigenvalue weighted by Gasteiger charge is 2.05. The Labute approximate surface area is 62.5 Å². The molecule has 0 atom stereocenters. The van der Waals surface area contributed by atoms with Gasteiger partial charge in [0.1, 0.15) is 7.14 Å². The summed E-state index contributed by atoms with van der Waals surface area (Å²) in [6.45, 7) is 4.92. The van der Waals surface area contributed by atoms with E-state index in [0.29, 0.717) is 13.0 Å². The van der Waals surface area contributed by atoms with Crippen molar-refractivity contribution in [1.82, 2.24) is 5.32 Å². The van der Waals surface area contributed by atoms with Crippen molar-refractivity contribution in [3.05, 3.63) is 0 Å². The lowest BCUT2D eigenvalue weighted by atomic mass is 10.7. The van der Waals surface area contributed by atoms with E-state index < -0.39 is 7.14 Å². The van der Waals surface area contributed by atoms with Gasteiger partial charge >= 0.3 is 0 Å². The third kappa shape index (κ3) is 8.15. The monoisotopic (exact) mass is 165 g/mol. The van der Waals surface area contributed by atoms with Crippen LogP contribution >= 0.6 is 7.14 Å². The normalized spacial score (nSPS) is 11.9. The van der Waals surface area contributed by atoms with Gasteiger partial charge in [-0.25, -0.2) is 0 Å². The molecule has 0 rings (SSSR count). The molecule has 0 aromatic heterocycles. The highest BCUT2D eigenvalue weighted by Crippen LogP contribution is 2.35. The van der Waals surface area contributed by atoms with Gasteiger partial charge in [-0.15, -0.1) is 0 Å². The zero-order chi connectivity index (χ0) is 8.04. The van der Waals surface area contributed by atoms with Gasteiger partial charge in [0.2, 0.25) is 0 Å². The van der Waals surface area contributed by atoms with Crippen molar-refractivity contribution in [3.8, 4) is 0 Å². The summed E-state index contributed by atoms with van der Waals surface area (Å²) in [6.07, 6.45) is 0.397. The van der Waals surface area contributed by atoms with Gasteiger partial charge in [-0.05, 0) is 20.4 Å². The van der Waals surface area contributed by atoms with Crippen molar-refractivity contribution in [2.24, 2.45) is 0 Å². The van der Waals surface area contributed by atoms with Gasteiger partial charge < -0.3 is 14.6 Å². The van der Waals surface area contributed by atoms with E-state index in [1.165, 1.54) is 0 Å². The zero-order valence-electron chi connectivity index (χ0n) is 6.89. The molecule has 10 heavy (non-hydrogen) atoms. The predicted octanol–water partition coefficient (Wildman–Crippen LogP) is 0.803. The minimum atomic E-state index is -1.96. The van der Waals surface area contributed by atoms with Crippen LogP contribution < -0.4 is 5.32 Å². The Hall–Kier alpha value is 0.150. The molecule has 0 aliphatic carbocycles. The molecule has 0 radical (unpaired) electrons. The average Bonchev–Trinajstić information content (AvgIpc) is 1.78. The molecule has 1 N–H and O–H groups in total. The zero-order valence-corrected chi connectivity index (χ0v) is 7.78. The van der Waals surface area contributed by atoms with Crippen LogP contribution in [-0.2, 0) is 9.30 Å². The average molecular weight is 165 g/mol. The minimum Gasteiger partial charge on any atom is -0.372 e. The molecule has 3 nitrogen and oxygen atoms in total. The number of nitrogens with one attached hydrogen (secondary N) is 1. The summed E-state index contributed by atoms with van der Waals surface area (Å²) in [6, 6.07) is 0. The quantitative estimate of drug-likeness (QED) is 0.483. The molecule has 0 spiro atoms. The van der Waals surface area contributed by atoms with Gasteiger partial charge in [0.25, 0.3) is 0 Å². The van der Waals surface area contributed by atoms with Crippen molar-refractivity contribution in [1.29, 1.82) is 0 Å². The summed E-state index contributed by atoms with van der Waals surface area (Å²) in [5.41, 5.74) is 0. The van der Waals surface area contributed by atoms with Crippen molar-refractivity contribution in [2.75, 3.05) is 39.9 Å². The summed E-state index contributed by atoms with van der Waals surface area (Å²) in [5.74, 6) is 0. The van der Waals surface area contributed by atoms with Crippen molar-refractivity contribution >= 4 is 7.14 Å². The lowest BCUT2D eigenvalue weighted by Gasteiger charge is -2.06. The van der Waals surface area contributed by atoms with E-state index in [1.807, 2.05) is 7.05 Å². The molecule has 0 aromatic rings. The van der Waals surface area contributed by atoms with Crippen molar-refractivity contribution in [3.63, 3.8) is 0 Å². The maximum Gasteiger partial charge on any atom is 0.106 e. The van der Waals surface area contributed by atoms with Crippen molar-refractivity contribution in [2.45, 2.75) is 0 Å². The number of likely N-dealkylation sites (N-methyl/N-ethyl adjacent to an activating group) is 1. The lowest BCUT2D eigenvalue weighted by Crippen LogP contribution is -2.14. The van der Waals surface area contributed by atoms with E-state index in [-0.39, 0.29) is 0 Å². The first-order valence-corrected chi connectivity index (χ1v) is 6.11. The van der Waals surface area contributed by atoms with E-state index in [0.717, 1.165) is 6.54 Å². The lowest BCUT2D eigenvalue weighted by molar-refractivity contribution is 0.179. The first-order chi connectivity index (χ1) is 4.56. The van der Waals surface area contributed by atoms with Crippen LogP contribution in [0.2, 0.25) is 0 Å². The van der Waals surface area contributed by atoms with Gasteiger partial charge in [0.15, 0.2) is 0 Å². The summed E-state index contributed by atoms with van der Waals surface area (Å²) < 4.78 is 16.1. The SMILES string of the molecule is CNCCOCP(C)(C)=O. The molecule has 0 amide bonds. The Morgan fingerprint density at radius 2 is 2.10 bits per heavy atom.